The van der Waals surface area contributed by atoms with Gasteiger partial charge in [-0.3, -0.25) is 37.3 Å². The van der Waals surface area contributed by atoms with Gasteiger partial charge in [-0.05, 0) is 31.6 Å². The molecule has 3 N–H and O–H groups in total. The van der Waals surface area contributed by atoms with E-state index in [1.54, 1.807) is 0 Å². The molecule has 6 atom stereocenters. The number of aliphatic hydroxyl groups is 1. The molecule has 0 aliphatic carbocycles. The maximum Gasteiger partial charge on any atom is 0.472 e. The van der Waals surface area contributed by atoms with Crippen LogP contribution in [0.4, 0.5) is 0 Å². The second-order valence-corrected chi connectivity index (χ2v) is 35.5. The predicted molar refractivity (Wildman–Crippen MR) is 451 cm³/mol. The molecule has 0 heterocycles. The highest BCUT2D eigenvalue weighted by Gasteiger charge is 2.31. The number of ether oxygens (including phenoxy) is 4. The molecule has 17 nitrogen and oxygen atoms in total. The summed E-state index contributed by atoms with van der Waals surface area (Å²) in [5.41, 5.74) is 0. The van der Waals surface area contributed by atoms with Crippen molar-refractivity contribution in [3.8, 4) is 0 Å². The topological polar surface area (TPSA) is 237 Å². The number of rotatable bonds is 90. The molecule has 0 aliphatic rings. The third-order valence-electron chi connectivity index (χ3n) is 21.6. The van der Waals surface area contributed by atoms with Gasteiger partial charge in [-0.25, -0.2) is 9.13 Å². The van der Waals surface area contributed by atoms with Gasteiger partial charge >= 0.3 is 39.5 Å². The van der Waals surface area contributed by atoms with Gasteiger partial charge in [0.2, 0.25) is 0 Å². The lowest BCUT2D eigenvalue weighted by molar-refractivity contribution is -0.161. The van der Waals surface area contributed by atoms with E-state index in [-0.39, 0.29) is 25.7 Å². The maximum atomic E-state index is 13.2. The standard InChI is InChI=1S/C90H176O17P2/c1-6-10-13-16-19-22-25-27-29-31-32-33-34-38-42-45-49-54-59-64-69-74-88(93)101-80-86(107-90(95)76-71-66-61-56-51-47-43-39-36-35-37-40-44-48-52-57-62-67-72-83(5)9-4)82-105-109(98,99)103-78-84(91)77-102-108(96,97)104-81-85(79-100-87(92)73-68-63-58-53-24-21-18-15-12-8-3)106-89(94)75-70-65-60-55-50-46-41-30-28-26-23-20-17-14-11-7-2/h83-86,91H,6-82H2,1-5H3,(H,96,97)(H,98,99)/t83?,84-,85+,86+/m0/s1. The Hall–Kier alpha value is -1.94. The van der Waals surface area contributed by atoms with Crippen molar-refractivity contribution in [1.29, 1.82) is 0 Å². The average Bonchev–Trinajstić information content (AvgIpc) is 0.900. The highest BCUT2D eigenvalue weighted by molar-refractivity contribution is 7.47. The van der Waals surface area contributed by atoms with Crippen LogP contribution in [-0.2, 0) is 65.4 Å². The molecule has 0 spiro atoms. The largest absolute Gasteiger partial charge is 0.472 e. The van der Waals surface area contributed by atoms with E-state index in [2.05, 4.69) is 34.6 Å². The quantitative estimate of drug-likeness (QED) is 0.0222. The summed E-state index contributed by atoms with van der Waals surface area (Å²) < 4.78 is 69.0. The number of phosphoric ester groups is 2. The van der Waals surface area contributed by atoms with Gasteiger partial charge in [0, 0.05) is 25.7 Å². The van der Waals surface area contributed by atoms with Gasteiger partial charge in [0.25, 0.3) is 0 Å². The monoisotopic (exact) mass is 1590 g/mol. The van der Waals surface area contributed by atoms with Crippen molar-refractivity contribution in [1.82, 2.24) is 0 Å². The summed E-state index contributed by atoms with van der Waals surface area (Å²) >= 11 is 0. The van der Waals surface area contributed by atoms with Crippen LogP contribution in [0, 0.1) is 5.92 Å². The minimum absolute atomic E-state index is 0.109. The average molecular weight is 1590 g/mol. The van der Waals surface area contributed by atoms with Gasteiger partial charge in [0.05, 0.1) is 26.4 Å². The molecule has 0 aromatic heterocycles. The van der Waals surface area contributed by atoms with Crippen molar-refractivity contribution in [2.75, 3.05) is 39.6 Å². The van der Waals surface area contributed by atoms with Crippen LogP contribution < -0.4 is 0 Å². The maximum absolute atomic E-state index is 13.2. The third kappa shape index (κ3) is 82.4. The predicted octanol–water partition coefficient (Wildman–Crippen LogP) is 27.9. The van der Waals surface area contributed by atoms with E-state index < -0.39 is 97.5 Å². The van der Waals surface area contributed by atoms with E-state index >= 15 is 0 Å². The summed E-state index contributed by atoms with van der Waals surface area (Å²) in [6.45, 7) is 7.45. The molecular formula is C90H176O17P2. The second-order valence-electron chi connectivity index (χ2n) is 32.6. The number of hydrogen-bond donors (Lipinski definition) is 3. The summed E-state index contributed by atoms with van der Waals surface area (Å²) in [4.78, 5) is 73.3. The zero-order chi connectivity index (χ0) is 79.7. The van der Waals surface area contributed by atoms with Crippen LogP contribution in [0.2, 0.25) is 0 Å². The smallest absolute Gasteiger partial charge is 0.462 e. The molecule has 19 heteroatoms. The zero-order valence-electron chi connectivity index (χ0n) is 71.7. The SMILES string of the molecule is CCCCCCCCCCCCCCCCCCCCCCCC(=O)OC[C@H](COP(=O)(O)OC[C@@H](O)COP(=O)(O)OC[C@@H](COC(=O)CCCCCCCCCCCC)OC(=O)CCCCCCCCCCCCCCCCCC)OC(=O)CCCCCCCCCCCCCCCCCCCCC(C)CC. The van der Waals surface area contributed by atoms with Crippen molar-refractivity contribution in [3.05, 3.63) is 0 Å². The molecule has 0 rings (SSSR count). The Kier molecular flexibility index (Phi) is 81.1. The highest BCUT2D eigenvalue weighted by atomic mass is 31.2. The number of aliphatic hydroxyl groups excluding tert-OH is 1. The second kappa shape index (κ2) is 82.6. The molecule has 0 aromatic carbocycles. The van der Waals surface area contributed by atoms with E-state index in [1.165, 1.54) is 315 Å². The number of unbranched alkanes of at least 4 members (excludes halogenated alkanes) is 61. The summed E-state index contributed by atoms with van der Waals surface area (Å²) in [6, 6.07) is 0. The lowest BCUT2D eigenvalue weighted by Gasteiger charge is -2.21. The Bertz CT molecular complexity index is 2070. The number of carbonyl (C=O) groups is 4. The zero-order valence-corrected chi connectivity index (χ0v) is 73.5. The summed E-state index contributed by atoms with van der Waals surface area (Å²) in [7, 11) is -9.93. The minimum Gasteiger partial charge on any atom is -0.462 e. The molecule has 0 saturated heterocycles. The fraction of sp³-hybridized carbons (Fsp3) is 0.956. The van der Waals surface area contributed by atoms with Crippen LogP contribution in [0.3, 0.4) is 0 Å². The third-order valence-corrected chi connectivity index (χ3v) is 23.5. The van der Waals surface area contributed by atoms with Crippen LogP contribution in [0.5, 0.6) is 0 Å². The van der Waals surface area contributed by atoms with E-state index in [1.807, 2.05) is 0 Å². The normalized spacial score (nSPS) is 13.9. The van der Waals surface area contributed by atoms with Gasteiger partial charge in [-0.1, -0.05) is 439 Å². The Morgan fingerprint density at radius 2 is 0.440 bits per heavy atom. The van der Waals surface area contributed by atoms with E-state index in [4.69, 9.17) is 37.0 Å². The first-order valence-electron chi connectivity index (χ1n) is 46.7. The number of carbonyl (C=O) groups excluding carboxylic acids is 4. The molecule has 0 radical (unpaired) electrons. The highest BCUT2D eigenvalue weighted by Crippen LogP contribution is 2.45. The molecule has 3 unspecified atom stereocenters. The van der Waals surface area contributed by atoms with E-state index in [9.17, 15) is 43.2 Å². The van der Waals surface area contributed by atoms with E-state index in [0.717, 1.165) is 95.8 Å². The molecule has 648 valence electrons. The Morgan fingerprint density at radius 3 is 0.651 bits per heavy atom. The van der Waals surface area contributed by atoms with Crippen molar-refractivity contribution >= 4 is 39.5 Å². The molecular weight excluding hydrogens is 1410 g/mol. The first-order valence-corrected chi connectivity index (χ1v) is 49.7. The summed E-state index contributed by atoms with van der Waals surface area (Å²) in [6.07, 6.45) is 77.8. The van der Waals surface area contributed by atoms with Crippen LogP contribution in [0.1, 0.15) is 490 Å². The van der Waals surface area contributed by atoms with Gasteiger partial charge in [-0.2, -0.15) is 0 Å². The van der Waals surface area contributed by atoms with Crippen molar-refractivity contribution in [2.24, 2.45) is 5.92 Å². The Balaban J connectivity index is 5.21. The lowest BCUT2D eigenvalue weighted by atomic mass is 9.99. The Labute approximate surface area is 670 Å². The Morgan fingerprint density at radius 1 is 0.257 bits per heavy atom. The van der Waals surface area contributed by atoms with Crippen molar-refractivity contribution in [2.45, 2.75) is 509 Å². The van der Waals surface area contributed by atoms with Gasteiger partial charge < -0.3 is 33.8 Å². The first kappa shape index (κ1) is 107. The summed E-state index contributed by atoms with van der Waals surface area (Å²) in [5, 5.41) is 10.7. The van der Waals surface area contributed by atoms with Crippen molar-refractivity contribution in [3.63, 3.8) is 0 Å². The fourth-order valence-corrected chi connectivity index (χ4v) is 15.7. The molecule has 0 bridgehead atoms. The van der Waals surface area contributed by atoms with Gasteiger partial charge in [-0.15, -0.1) is 0 Å². The number of esters is 4. The van der Waals surface area contributed by atoms with Crippen LogP contribution in [-0.4, -0.2) is 96.7 Å². The van der Waals surface area contributed by atoms with Crippen LogP contribution in [0.25, 0.3) is 0 Å². The first-order chi connectivity index (χ1) is 53.1. The van der Waals surface area contributed by atoms with Crippen molar-refractivity contribution < 1.29 is 80.2 Å². The lowest BCUT2D eigenvalue weighted by Crippen LogP contribution is -2.30. The molecule has 109 heavy (non-hydrogen) atoms. The van der Waals surface area contributed by atoms with Crippen LogP contribution >= 0.6 is 15.6 Å². The fourth-order valence-electron chi connectivity index (χ4n) is 14.1. The molecule has 0 aliphatic heterocycles. The number of hydrogen-bond acceptors (Lipinski definition) is 15. The van der Waals surface area contributed by atoms with Gasteiger partial charge in [0.15, 0.2) is 12.2 Å². The minimum atomic E-state index is -4.97. The molecule has 0 saturated carbocycles. The molecule has 0 aromatic rings. The molecule has 0 fully saturated rings. The van der Waals surface area contributed by atoms with Gasteiger partial charge in [0.1, 0.15) is 19.3 Å². The molecule has 0 amide bonds. The van der Waals surface area contributed by atoms with Crippen LogP contribution in [0.15, 0.2) is 0 Å². The summed E-state index contributed by atoms with van der Waals surface area (Å²) in [5.74, 6) is -1.22. The number of phosphoric acid groups is 2. The van der Waals surface area contributed by atoms with E-state index in [0.29, 0.717) is 25.7 Å².